The molecule has 2 aromatic carbocycles. The van der Waals surface area contributed by atoms with Gasteiger partial charge < -0.3 is 10.1 Å². The summed E-state index contributed by atoms with van der Waals surface area (Å²) >= 11 is 0. The first kappa shape index (κ1) is 17.0. The van der Waals surface area contributed by atoms with Crippen LogP contribution in [0.1, 0.15) is 28.4 Å². The molecule has 0 aliphatic carbocycles. The van der Waals surface area contributed by atoms with Gasteiger partial charge in [-0.3, -0.25) is 14.9 Å². The van der Waals surface area contributed by atoms with E-state index in [4.69, 9.17) is 4.74 Å². The molecule has 0 fully saturated rings. The molecule has 0 saturated heterocycles. The average Bonchev–Trinajstić information content (AvgIpc) is 2.59. The highest BCUT2D eigenvalue weighted by Gasteiger charge is 2.12. The van der Waals surface area contributed by atoms with Crippen LogP contribution in [-0.2, 0) is 6.54 Å². The topological polar surface area (TPSA) is 105 Å². The van der Waals surface area contributed by atoms with Gasteiger partial charge in [-0.1, -0.05) is 0 Å². The number of ether oxygens (including phenoxy) is 1. The lowest BCUT2D eigenvalue weighted by molar-refractivity contribution is -0.384. The molecule has 7 heteroatoms. The maximum atomic E-state index is 11.5. The monoisotopic (exact) mass is 325 g/mol. The highest BCUT2D eigenvalue weighted by atomic mass is 16.6. The molecular formula is C17H15N3O4. The molecule has 0 amide bonds. The Bertz CT molecular complexity index is 840. The first-order valence-corrected chi connectivity index (χ1v) is 7.06. The summed E-state index contributed by atoms with van der Waals surface area (Å²) in [5.41, 5.74) is 1.86. The Labute approximate surface area is 138 Å². The van der Waals surface area contributed by atoms with Crippen molar-refractivity contribution in [1.82, 2.24) is 0 Å². The molecule has 0 aliphatic rings. The van der Waals surface area contributed by atoms with Gasteiger partial charge in [0, 0.05) is 29.8 Å². The minimum Gasteiger partial charge on any atom is -0.496 e. The van der Waals surface area contributed by atoms with E-state index >= 15 is 0 Å². The molecule has 0 heterocycles. The van der Waals surface area contributed by atoms with E-state index in [9.17, 15) is 20.2 Å². The number of hydrogen-bond donors (Lipinski definition) is 1. The molecule has 1 N–H and O–H groups in total. The van der Waals surface area contributed by atoms with Gasteiger partial charge in [0.1, 0.15) is 11.8 Å². The van der Waals surface area contributed by atoms with E-state index in [-0.39, 0.29) is 18.0 Å². The second-order valence-electron chi connectivity index (χ2n) is 5.04. The van der Waals surface area contributed by atoms with Crippen LogP contribution in [0.4, 0.5) is 11.4 Å². The van der Waals surface area contributed by atoms with Gasteiger partial charge in [-0.05, 0) is 31.2 Å². The number of carbonyl (C=O) groups excluding carboxylic acids is 1. The minimum atomic E-state index is -0.486. The third-order valence-electron chi connectivity index (χ3n) is 3.49. The maximum Gasteiger partial charge on any atom is 0.270 e. The fourth-order valence-corrected chi connectivity index (χ4v) is 2.21. The molecule has 0 atom stereocenters. The Morgan fingerprint density at radius 3 is 2.67 bits per heavy atom. The third kappa shape index (κ3) is 3.67. The van der Waals surface area contributed by atoms with Crippen molar-refractivity contribution in [2.75, 3.05) is 12.4 Å². The molecule has 2 aromatic rings. The van der Waals surface area contributed by atoms with Crippen LogP contribution in [0, 0.1) is 21.4 Å². The highest BCUT2D eigenvalue weighted by Crippen LogP contribution is 2.26. The van der Waals surface area contributed by atoms with Crippen molar-refractivity contribution < 1.29 is 14.5 Å². The van der Waals surface area contributed by atoms with Crippen LogP contribution < -0.4 is 10.1 Å². The lowest BCUT2D eigenvalue weighted by Crippen LogP contribution is -2.05. The van der Waals surface area contributed by atoms with Crippen LogP contribution in [-0.4, -0.2) is 17.8 Å². The Balaban J connectivity index is 2.32. The summed E-state index contributed by atoms with van der Waals surface area (Å²) in [6.07, 6.45) is 0. The van der Waals surface area contributed by atoms with Crippen molar-refractivity contribution in [3.63, 3.8) is 0 Å². The summed E-state index contributed by atoms with van der Waals surface area (Å²) in [5.74, 6) is 0.379. The Morgan fingerprint density at radius 1 is 1.33 bits per heavy atom. The lowest BCUT2D eigenvalue weighted by atomic mass is 10.1. The minimum absolute atomic E-state index is 0.0504. The number of nitro benzene ring substituents is 1. The standard InChI is InChI=1S/C17H15N3O4/c1-11(21)12-3-4-13(9-18)16(8-12)19-10-14-7-15(20(22)23)5-6-17(14)24-2/h3-8,19H,10H2,1-2H3. The van der Waals surface area contributed by atoms with E-state index < -0.39 is 4.92 Å². The third-order valence-corrected chi connectivity index (χ3v) is 3.49. The van der Waals surface area contributed by atoms with Gasteiger partial charge in [-0.15, -0.1) is 0 Å². The van der Waals surface area contributed by atoms with Crippen molar-refractivity contribution in [1.29, 1.82) is 5.26 Å². The molecule has 2 rings (SSSR count). The number of rotatable bonds is 6. The maximum absolute atomic E-state index is 11.5. The quantitative estimate of drug-likeness (QED) is 0.496. The number of anilines is 1. The van der Waals surface area contributed by atoms with Crippen molar-refractivity contribution in [3.05, 3.63) is 63.2 Å². The molecule has 24 heavy (non-hydrogen) atoms. The van der Waals surface area contributed by atoms with E-state index in [2.05, 4.69) is 5.32 Å². The summed E-state index contributed by atoms with van der Waals surface area (Å²) in [6.45, 7) is 1.65. The number of non-ortho nitro benzene ring substituents is 1. The lowest BCUT2D eigenvalue weighted by Gasteiger charge is -2.12. The van der Waals surface area contributed by atoms with Crippen molar-refractivity contribution in [2.45, 2.75) is 13.5 Å². The highest BCUT2D eigenvalue weighted by molar-refractivity contribution is 5.95. The number of carbonyl (C=O) groups is 1. The first-order valence-electron chi connectivity index (χ1n) is 7.06. The second-order valence-corrected chi connectivity index (χ2v) is 5.04. The van der Waals surface area contributed by atoms with Crippen molar-refractivity contribution in [2.24, 2.45) is 0 Å². The number of nitriles is 1. The van der Waals surface area contributed by atoms with Gasteiger partial charge in [0.15, 0.2) is 5.78 Å². The molecule has 7 nitrogen and oxygen atoms in total. The molecule has 0 radical (unpaired) electrons. The van der Waals surface area contributed by atoms with Crippen LogP contribution in [0.3, 0.4) is 0 Å². The van der Waals surface area contributed by atoms with E-state index in [1.165, 1.54) is 32.2 Å². The Kier molecular flexibility index (Phi) is 5.12. The molecule has 0 unspecified atom stereocenters. The van der Waals surface area contributed by atoms with Crippen LogP contribution in [0.15, 0.2) is 36.4 Å². The number of nitro groups is 1. The van der Waals surface area contributed by atoms with Crippen LogP contribution in [0.2, 0.25) is 0 Å². The van der Waals surface area contributed by atoms with Crippen molar-refractivity contribution in [3.8, 4) is 11.8 Å². The Hall–Kier alpha value is -3.40. The molecule has 0 saturated carbocycles. The van der Waals surface area contributed by atoms with Crippen LogP contribution >= 0.6 is 0 Å². The number of ketones is 1. The summed E-state index contributed by atoms with van der Waals surface area (Å²) in [6, 6.07) is 11.1. The normalized spacial score (nSPS) is 9.88. The number of methoxy groups -OCH3 is 1. The predicted octanol–water partition coefficient (Wildman–Crippen LogP) is 3.29. The average molecular weight is 325 g/mol. The zero-order valence-corrected chi connectivity index (χ0v) is 13.2. The molecule has 0 aromatic heterocycles. The smallest absolute Gasteiger partial charge is 0.270 e. The second kappa shape index (κ2) is 7.24. The van der Waals surface area contributed by atoms with E-state index in [1.807, 2.05) is 6.07 Å². The van der Waals surface area contributed by atoms with Crippen LogP contribution in [0.25, 0.3) is 0 Å². The summed E-state index contributed by atoms with van der Waals surface area (Å²) < 4.78 is 5.21. The largest absolute Gasteiger partial charge is 0.496 e. The van der Waals surface area contributed by atoms with Gasteiger partial charge in [-0.25, -0.2) is 0 Å². The first-order chi connectivity index (χ1) is 11.5. The number of nitrogens with one attached hydrogen (secondary N) is 1. The summed E-state index contributed by atoms with van der Waals surface area (Å²) in [4.78, 5) is 21.9. The van der Waals surface area contributed by atoms with Gasteiger partial charge in [0.05, 0.1) is 23.3 Å². The fraction of sp³-hybridized carbons (Fsp3) is 0.176. The summed E-state index contributed by atoms with van der Waals surface area (Å²) in [5, 5.41) is 23.1. The van der Waals surface area contributed by atoms with E-state index in [0.29, 0.717) is 28.1 Å². The molecule has 0 spiro atoms. The molecule has 122 valence electrons. The fourth-order valence-electron chi connectivity index (χ4n) is 2.21. The molecular weight excluding hydrogens is 310 g/mol. The zero-order chi connectivity index (χ0) is 17.7. The van der Waals surface area contributed by atoms with Gasteiger partial charge in [0.25, 0.3) is 5.69 Å². The summed E-state index contributed by atoms with van der Waals surface area (Å²) in [7, 11) is 1.47. The molecule has 0 bridgehead atoms. The number of benzene rings is 2. The number of hydrogen-bond acceptors (Lipinski definition) is 6. The Morgan fingerprint density at radius 2 is 2.08 bits per heavy atom. The van der Waals surface area contributed by atoms with Gasteiger partial charge in [-0.2, -0.15) is 5.26 Å². The van der Waals surface area contributed by atoms with E-state index in [1.54, 1.807) is 18.2 Å². The predicted molar refractivity (Wildman–Crippen MR) is 88.1 cm³/mol. The number of Topliss-reactive ketones (excluding diaryl/α,β-unsaturated/α-hetero) is 1. The van der Waals surface area contributed by atoms with Gasteiger partial charge >= 0.3 is 0 Å². The van der Waals surface area contributed by atoms with Gasteiger partial charge in [0.2, 0.25) is 0 Å². The number of nitrogens with zero attached hydrogens (tertiary/aromatic N) is 2. The van der Waals surface area contributed by atoms with E-state index in [0.717, 1.165) is 0 Å². The van der Waals surface area contributed by atoms with Crippen LogP contribution in [0.5, 0.6) is 5.75 Å². The molecule has 0 aliphatic heterocycles. The van der Waals surface area contributed by atoms with Crippen molar-refractivity contribution >= 4 is 17.2 Å². The zero-order valence-electron chi connectivity index (χ0n) is 13.2. The SMILES string of the molecule is COc1ccc([N+](=O)[O-])cc1CNc1cc(C(C)=O)ccc1C#N.